The summed E-state index contributed by atoms with van der Waals surface area (Å²) in [5.41, 5.74) is 0.225. The van der Waals surface area contributed by atoms with E-state index in [0.717, 1.165) is 44.7 Å². The minimum absolute atomic E-state index is 0.192. The molecule has 2 heterocycles. The molecule has 1 saturated heterocycles. The summed E-state index contributed by atoms with van der Waals surface area (Å²) in [4.78, 5) is 25.8. The number of hydrogen-bond donors (Lipinski definition) is 1. The SMILES string of the molecule is CCCCC1CCC(C(=O)N2CCC(n3cc(C(=O)O)cn3)CC2)CC1. The van der Waals surface area contributed by atoms with E-state index >= 15 is 0 Å². The molecule has 26 heavy (non-hydrogen) atoms. The number of carboxylic acids is 1. The van der Waals surface area contributed by atoms with E-state index in [0.29, 0.717) is 5.91 Å². The molecule has 0 atom stereocenters. The van der Waals surface area contributed by atoms with Crippen molar-refractivity contribution in [3.8, 4) is 0 Å². The molecule has 1 aromatic rings. The monoisotopic (exact) mass is 361 g/mol. The van der Waals surface area contributed by atoms with Gasteiger partial charge in [0.15, 0.2) is 0 Å². The van der Waals surface area contributed by atoms with Crippen LogP contribution >= 0.6 is 0 Å². The maximum absolute atomic E-state index is 12.8. The quantitative estimate of drug-likeness (QED) is 0.837. The van der Waals surface area contributed by atoms with Crippen LogP contribution in [0, 0.1) is 11.8 Å². The highest BCUT2D eigenvalue weighted by Gasteiger charge is 2.31. The summed E-state index contributed by atoms with van der Waals surface area (Å²) >= 11 is 0. The second-order valence-corrected chi connectivity index (χ2v) is 7.93. The average molecular weight is 361 g/mol. The Hall–Kier alpha value is -1.85. The first-order chi connectivity index (χ1) is 12.6. The first kappa shape index (κ1) is 18.9. The van der Waals surface area contributed by atoms with Gasteiger partial charge >= 0.3 is 5.97 Å². The summed E-state index contributed by atoms with van der Waals surface area (Å²) in [6.07, 6.45) is 13.1. The summed E-state index contributed by atoms with van der Waals surface area (Å²) in [6, 6.07) is 0.192. The maximum atomic E-state index is 12.8. The van der Waals surface area contributed by atoms with Crippen molar-refractivity contribution in [1.29, 1.82) is 0 Å². The lowest BCUT2D eigenvalue weighted by Crippen LogP contribution is -2.43. The highest BCUT2D eigenvalue weighted by molar-refractivity contribution is 5.86. The Bertz CT molecular complexity index is 612. The Balaban J connectivity index is 1.45. The van der Waals surface area contributed by atoms with E-state index in [1.165, 1.54) is 38.3 Å². The van der Waals surface area contributed by atoms with Crippen LogP contribution in [0.3, 0.4) is 0 Å². The van der Waals surface area contributed by atoms with Gasteiger partial charge in [0.25, 0.3) is 0 Å². The molecule has 0 radical (unpaired) electrons. The first-order valence-corrected chi connectivity index (χ1v) is 10.1. The van der Waals surface area contributed by atoms with Crippen molar-refractivity contribution < 1.29 is 14.7 Å². The number of carboxylic acid groups (broad SMARTS) is 1. The molecule has 0 aromatic carbocycles. The number of nitrogens with zero attached hydrogens (tertiary/aromatic N) is 3. The number of piperidine rings is 1. The smallest absolute Gasteiger partial charge is 0.338 e. The van der Waals surface area contributed by atoms with E-state index in [-0.39, 0.29) is 17.5 Å². The largest absolute Gasteiger partial charge is 0.478 e. The lowest BCUT2D eigenvalue weighted by molar-refractivity contribution is -0.138. The minimum atomic E-state index is -0.946. The van der Waals surface area contributed by atoms with Crippen molar-refractivity contribution in [2.45, 2.75) is 70.8 Å². The molecule has 3 rings (SSSR count). The van der Waals surface area contributed by atoms with Crippen LogP contribution in [0.2, 0.25) is 0 Å². The molecule has 1 saturated carbocycles. The molecule has 2 fully saturated rings. The van der Waals surface area contributed by atoms with Gasteiger partial charge in [-0.25, -0.2) is 4.79 Å². The lowest BCUT2D eigenvalue weighted by Gasteiger charge is -2.36. The lowest BCUT2D eigenvalue weighted by atomic mass is 9.79. The Morgan fingerprint density at radius 2 is 1.85 bits per heavy atom. The fourth-order valence-electron chi connectivity index (χ4n) is 4.45. The predicted molar refractivity (Wildman–Crippen MR) is 99.0 cm³/mol. The van der Waals surface area contributed by atoms with Gasteiger partial charge in [-0.1, -0.05) is 26.2 Å². The van der Waals surface area contributed by atoms with E-state index in [1.54, 1.807) is 10.9 Å². The fourth-order valence-corrected chi connectivity index (χ4v) is 4.45. The Labute approximate surface area is 155 Å². The maximum Gasteiger partial charge on any atom is 0.338 e. The molecule has 0 spiro atoms. The molecule has 1 N–H and O–H groups in total. The van der Waals surface area contributed by atoms with Gasteiger partial charge in [-0.05, 0) is 44.4 Å². The summed E-state index contributed by atoms with van der Waals surface area (Å²) < 4.78 is 1.75. The predicted octanol–water partition coefficient (Wildman–Crippen LogP) is 3.74. The van der Waals surface area contributed by atoms with Crippen LogP contribution in [0.25, 0.3) is 0 Å². The van der Waals surface area contributed by atoms with E-state index in [4.69, 9.17) is 5.11 Å². The van der Waals surface area contributed by atoms with Crippen molar-refractivity contribution in [3.05, 3.63) is 18.0 Å². The van der Waals surface area contributed by atoms with Crippen molar-refractivity contribution in [2.75, 3.05) is 13.1 Å². The Morgan fingerprint density at radius 3 is 2.42 bits per heavy atom. The molecular weight excluding hydrogens is 330 g/mol. The molecule has 0 bridgehead atoms. The van der Waals surface area contributed by atoms with Crippen LogP contribution in [0.4, 0.5) is 0 Å². The van der Waals surface area contributed by atoms with Crippen LogP contribution < -0.4 is 0 Å². The van der Waals surface area contributed by atoms with Gasteiger partial charge in [-0.3, -0.25) is 9.48 Å². The second-order valence-electron chi connectivity index (χ2n) is 7.93. The topological polar surface area (TPSA) is 75.4 Å². The van der Waals surface area contributed by atoms with Gasteiger partial charge in [-0.15, -0.1) is 0 Å². The van der Waals surface area contributed by atoms with E-state index in [9.17, 15) is 9.59 Å². The van der Waals surface area contributed by atoms with Crippen LogP contribution in [-0.4, -0.2) is 44.8 Å². The van der Waals surface area contributed by atoms with Crippen molar-refractivity contribution in [3.63, 3.8) is 0 Å². The van der Waals surface area contributed by atoms with Gasteiger partial charge in [0.1, 0.15) is 0 Å². The number of unbranched alkanes of at least 4 members (excludes halogenated alkanes) is 1. The fraction of sp³-hybridized carbons (Fsp3) is 0.750. The molecule has 1 aromatic heterocycles. The zero-order valence-electron chi connectivity index (χ0n) is 15.8. The zero-order chi connectivity index (χ0) is 18.5. The Morgan fingerprint density at radius 1 is 1.15 bits per heavy atom. The first-order valence-electron chi connectivity index (χ1n) is 10.1. The minimum Gasteiger partial charge on any atom is -0.478 e. The molecule has 1 aliphatic heterocycles. The highest BCUT2D eigenvalue weighted by atomic mass is 16.4. The van der Waals surface area contributed by atoms with Crippen LogP contribution in [0.1, 0.15) is 81.1 Å². The van der Waals surface area contributed by atoms with E-state index in [1.807, 2.05) is 4.90 Å². The second kappa shape index (κ2) is 8.69. The third-order valence-corrected chi connectivity index (χ3v) is 6.16. The molecule has 0 unspecified atom stereocenters. The van der Waals surface area contributed by atoms with Crippen LogP contribution in [0.15, 0.2) is 12.4 Å². The molecular formula is C20H31N3O3. The number of aromatic carboxylic acids is 1. The van der Waals surface area contributed by atoms with Crippen molar-refractivity contribution in [2.24, 2.45) is 11.8 Å². The van der Waals surface area contributed by atoms with Gasteiger partial charge in [-0.2, -0.15) is 5.10 Å². The van der Waals surface area contributed by atoms with E-state index in [2.05, 4.69) is 12.0 Å². The Kier molecular flexibility index (Phi) is 6.33. The summed E-state index contributed by atoms with van der Waals surface area (Å²) in [7, 11) is 0. The van der Waals surface area contributed by atoms with Gasteiger partial charge < -0.3 is 10.0 Å². The number of carbonyl (C=O) groups excluding carboxylic acids is 1. The number of hydrogen-bond acceptors (Lipinski definition) is 3. The molecule has 6 heteroatoms. The average Bonchev–Trinajstić information content (AvgIpc) is 3.17. The third-order valence-electron chi connectivity index (χ3n) is 6.16. The highest BCUT2D eigenvalue weighted by Crippen LogP contribution is 2.34. The molecule has 1 aliphatic carbocycles. The zero-order valence-corrected chi connectivity index (χ0v) is 15.8. The van der Waals surface area contributed by atoms with Gasteiger partial charge in [0.05, 0.1) is 17.8 Å². The standard InChI is InChI=1S/C20H31N3O3/c1-2-3-4-15-5-7-16(8-6-15)19(24)22-11-9-18(10-12-22)23-14-17(13-21-23)20(25)26/h13-16,18H,2-12H2,1H3,(H,25,26). The number of rotatable bonds is 6. The summed E-state index contributed by atoms with van der Waals surface area (Å²) in [5.74, 6) is 0.434. The molecule has 2 aliphatic rings. The number of likely N-dealkylation sites (tertiary alicyclic amines) is 1. The normalized spacial score (nSPS) is 24.6. The van der Waals surface area contributed by atoms with Crippen molar-refractivity contribution >= 4 is 11.9 Å². The van der Waals surface area contributed by atoms with Crippen LogP contribution in [0.5, 0.6) is 0 Å². The summed E-state index contributed by atoms with van der Waals surface area (Å²) in [5, 5.41) is 13.2. The van der Waals surface area contributed by atoms with Crippen LogP contribution in [-0.2, 0) is 4.79 Å². The van der Waals surface area contributed by atoms with Gasteiger partial charge in [0, 0.05) is 25.2 Å². The summed E-state index contributed by atoms with van der Waals surface area (Å²) in [6.45, 7) is 3.74. The van der Waals surface area contributed by atoms with E-state index < -0.39 is 5.97 Å². The number of amides is 1. The molecule has 144 valence electrons. The van der Waals surface area contributed by atoms with Crippen molar-refractivity contribution in [1.82, 2.24) is 14.7 Å². The van der Waals surface area contributed by atoms with Gasteiger partial charge in [0.2, 0.25) is 5.91 Å². The molecule has 1 amide bonds. The molecule has 6 nitrogen and oxygen atoms in total. The number of aromatic nitrogens is 2. The third kappa shape index (κ3) is 4.46. The number of carbonyl (C=O) groups is 2.